The van der Waals surface area contributed by atoms with Gasteiger partial charge in [-0.15, -0.1) is 0 Å². The Hall–Kier alpha value is -1.44. The van der Waals surface area contributed by atoms with Gasteiger partial charge in [0.05, 0.1) is 17.1 Å². The maximum absolute atomic E-state index is 11.9. The maximum atomic E-state index is 11.9. The molecule has 7 heteroatoms. The fraction of sp³-hybridized carbons (Fsp3) is 0.364. The van der Waals surface area contributed by atoms with Crippen molar-refractivity contribution in [1.82, 2.24) is 4.72 Å². The van der Waals surface area contributed by atoms with Crippen LogP contribution < -0.4 is 4.72 Å². The van der Waals surface area contributed by atoms with E-state index in [4.69, 9.17) is 9.84 Å². The van der Waals surface area contributed by atoms with E-state index in [1.54, 1.807) is 6.92 Å². The molecule has 100 valence electrons. The number of aromatic carboxylic acids is 1. The van der Waals surface area contributed by atoms with Gasteiger partial charge in [0, 0.05) is 13.2 Å². The molecule has 1 atom stereocenters. The highest BCUT2D eigenvalue weighted by molar-refractivity contribution is 7.89. The summed E-state index contributed by atoms with van der Waals surface area (Å²) in [5, 5.41) is 8.71. The van der Waals surface area contributed by atoms with Crippen LogP contribution in [0.25, 0.3) is 0 Å². The summed E-state index contributed by atoms with van der Waals surface area (Å²) in [5.41, 5.74) is 0.0406. The van der Waals surface area contributed by atoms with Crippen molar-refractivity contribution in [2.24, 2.45) is 0 Å². The van der Waals surface area contributed by atoms with Gasteiger partial charge in [0.2, 0.25) is 10.0 Å². The summed E-state index contributed by atoms with van der Waals surface area (Å²) in [7, 11) is -2.17. The Bertz CT molecular complexity index is 509. The minimum absolute atomic E-state index is 0.0236. The number of ether oxygens (including phenoxy) is 1. The van der Waals surface area contributed by atoms with Crippen LogP contribution in [0.4, 0.5) is 0 Å². The van der Waals surface area contributed by atoms with Gasteiger partial charge in [-0.2, -0.15) is 0 Å². The number of methoxy groups -OCH3 is 1. The summed E-state index contributed by atoms with van der Waals surface area (Å²) >= 11 is 0. The van der Waals surface area contributed by atoms with Gasteiger partial charge >= 0.3 is 5.97 Å². The first-order chi connectivity index (χ1) is 8.36. The molecule has 18 heavy (non-hydrogen) atoms. The van der Waals surface area contributed by atoms with E-state index in [2.05, 4.69) is 4.72 Å². The van der Waals surface area contributed by atoms with Gasteiger partial charge in [-0.3, -0.25) is 0 Å². The Morgan fingerprint density at radius 1 is 1.39 bits per heavy atom. The van der Waals surface area contributed by atoms with E-state index in [1.807, 2.05) is 0 Å². The molecule has 0 bridgehead atoms. The maximum Gasteiger partial charge on any atom is 0.335 e. The Kier molecular flexibility index (Phi) is 4.83. The van der Waals surface area contributed by atoms with Crippen molar-refractivity contribution in [2.45, 2.75) is 17.9 Å². The summed E-state index contributed by atoms with van der Waals surface area (Å²) in [6.45, 7) is 1.93. The lowest BCUT2D eigenvalue weighted by molar-refractivity contribution is 0.0696. The fourth-order valence-corrected chi connectivity index (χ4v) is 2.62. The molecule has 6 nitrogen and oxygen atoms in total. The molecule has 2 N–H and O–H groups in total. The third-order valence-corrected chi connectivity index (χ3v) is 3.79. The number of carboxylic acids is 1. The van der Waals surface area contributed by atoms with Crippen LogP contribution in [0.1, 0.15) is 17.3 Å². The number of carboxylic acid groups (broad SMARTS) is 1. The topological polar surface area (TPSA) is 92.7 Å². The van der Waals surface area contributed by atoms with Crippen molar-refractivity contribution < 1.29 is 23.1 Å². The van der Waals surface area contributed by atoms with Crippen LogP contribution in [-0.4, -0.2) is 39.3 Å². The molecule has 1 rings (SSSR count). The normalized spacial score (nSPS) is 13.2. The van der Waals surface area contributed by atoms with Crippen LogP contribution in [0.3, 0.4) is 0 Å². The molecule has 0 amide bonds. The van der Waals surface area contributed by atoms with E-state index in [0.29, 0.717) is 0 Å². The zero-order chi connectivity index (χ0) is 13.8. The second-order valence-corrected chi connectivity index (χ2v) is 5.52. The number of nitrogens with one attached hydrogen (secondary N) is 1. The van der Waals surface area contributed by atoms with Gasteiger partial charge in [0.15, 0.2) is 0 Å². The Morgan fingerprint density at radius 3 is 2.39 bits per heavy atom. The zero-order valence-electron chi connectivity index (χ0n) is 10.1. The van der Waals surface area contributed by atoms with E-state index >= 15 is 0 Å². The highest BCUT2D eigenvalue weighted by Gasteiger charge is 2.17. The van der Waals surface area contributed by atoms with Crippen molar-refractivity contribution in [3.8, 4) is 0 Å². The van der Waals surface area contributed by atoms with Crippen LogP contribution in [0.5, 0.6) is 0 Å². The van der Waals surface area contributed by atoms with E-state index in [-0.39, 0.29) is 23.1 Å². The van der Waals surface area contributed by atoms with E-state index in [1.165, 1.54) is 31.4 Å². The van der Waals surface area contributed by atoms with Crippen LogP contribution >= 0.6 is 0 Å². The number of rotatable bonds is 6. The molecular weight excluding hydrogens is 258 g/mol. The smallest absolute Gasteiger partial charge is 0.335 e. The lowest BCUT2D eigenvalue weighted by Crippen LogP contribution is -2.35. The molecule has 0 saturated carbocycles. The fourth-order valence-electron chi connectivity index (χ4n) is 1.39. The van der Waals surface area contributed by atoms with E-state index in [9.17, 15) is 13.2 Å². The number of hydrogen-bond donors (Lipinski definition) is 2. The van der Waals surface area contributed by atoms with E-state index in [0.717, 1.165) is 0 Å². The third-order valence-electron chi connectivity index (χ3n) is 2.18. The molecule has 0 spiro atoms. The molecule has 0 aromatic heterocycles. The van der Waals surface area contributed by atoms with Crippen molar-refractivity contribution in [3.05, 3.63) is 29.8 Å². The van der Waals surface area contributed by atoms with Crippen LogP contribution in [0.15, 0.2) is 29.2 Å². The summed E-state index contributed by atoms with van der Waals surface area (Å²) in [6, 6.07) is 4.64. The number of carbonyl (C=O) groups is 1. The molecule has 0 radical (unpaired) electrons. The quantitative estimate of drug-likeness (QED) is 0.795. The summed E-state index contributed by atoms with van der Waals surface area (Å²) < 4.78 is 31.0. The van der Waals surface area contributed by atoms with Crippen molar-refractivity contribution in [2.75, 3.05) is 13.7 Å². The standard InChI is InChI=1S/C11H15NO5S/c1-8(7-17-2)12-18(15,16)10-5-3-9(4-6-10)11(13)14/h3-6,8,12H,7H2,1-2H3,(H,13,14)/t8-/m0/s1. The molecule has 0 saturated heterocycles. The molecule has 0 heterocycles. The van der Waals surface area contributed by atoms with Gasteiger partial charge in [-0.25, -0.2) is 17.9 Å². The molecule has 0 aliphatic heterocycles. The van der Waals surface area contributed by atoms with Gasteiger partial charge in [0.25, 0.3) is 0 Å². The average Bonchev–Trinajstić information content (AvgIpc) is 2.28. The molecule has 1 aromatic carbocycles. The Morgan fingerprint density at radius 2 is 1.94 bits per heavy atom. The van der Waals surface area contributed by atoms with Gasteiger partial charge < -0.3 is 9.84 Å². The predicted octanol–water partition coefficient (Wildman–Crippen LogP) is 0.698. The molecule has 0 unspecified atom stereocenters. The summed E-state index contributed by atoms with van der Waals surface area (Å²) in [5.74, 6) is -1.10. The minimum atomic E-state index is -3.65. The van der Waals surface area contributed by atoms with Gasteiger partial charge in [0.1, 0.15) is 0 Å². The van der Waals surface area contributed by atoms with Gasteiger partial charge in [-0.1, -0.05) is 0 Å². The summed E-state index contributed by atoms with van der Waals surface area (Å²) in [4.78, 5) is 10.7. The average molecular weight is 273 g/mol. The highest BCUT2D eigenvalue weighted by atomic mass is 32.2. The lowest BCUT2D eigenvalue weighted by Gasteiger charge is -2.13. The van der Waals surface area contributed by atoms with Crippen molar-refractivity contribution >= 4 is 16.0 Å². The number of sulfonamides is 1. The largest absolute Gasteiger partial charge is 0.478 e. The van der Waals surface area contributed by atoms with Crippen molar-refractivity contribution in [3.63, 3.8) is 0 Å². The number of hydrogen-bond acceptors (Lipinski definition) is 4. The summed E-state index contributed by atoms with van der Waals surface area (Å²) in [6.07, 6.45) is 0. The van der Waals surface area contributed by atoms with Crippen LogP contribution in [-0.2, 0) is 14.8 Å². The zero-order valence-corrected chi connectivity index (χ0v) is 10.9. The molecule has 0 aliphatic carbocycles. The molecule has 0 aliphatic rings. The number of benzene rings is 1. The highest BCUT2D eigenvalue weighted by Crippen LogP contribution is 2.11. The first-order valence-electron chi connectivity index (χ1n) is 5.21. The monoisotopic (exact) mass is 273 g/mol. The van der Waals surface area contributed by atoms with Gasteiger partial charge in [-0.05, 0) is 31.2 Å². The molecule has 0 fully saturated rings. The first-order valence-corrected chi connectivity index (χ1v) is 6.70. The first kappa shape index (κ1) is 14.6. The Balaban J connectivity index is 2.88. The Labute approximate surface area is 106 Å². The molecule has 1 aromatic rings. The van der Waals surface area contributed by atoms with Crippen LogP contribution in [0, 0.1) is 0 Å². The SMILES string of the molecule is COC[C@H](C)NS(=O)(=O)c1ccc(C(=O)O)cc1. The van der Waals surface area contributed by atoms with Crippen molar-refractivity contribution in [1.29, 1.82) is 0 Å². The predicted molar refractivity (Wildman–Crippen MR) is 65.1 cm³/mol. The van der Waals surface area contributed by atoms with E-state index < -0.39 is 16.0 Å². The second-order valence-electron chi connectivity index (χ2n) is 3.81. The lowest BCUT2D eigenvalue weighted by atomic mass is 10.2. The molecular formula is C11H15NO5S. The van der Waals surface area contributed by atoms with Crippen LogP contribution in [0.2, 0.25) is 0 Å². The minimum Gasteiger partial charge on any atom is -0.478 e. The second kappa shape index (κ2) is 5.94. The third kappa shape index (κ3) is 3.80.